The Hall–Kier alpha value is -2.10. The van der Waals surface area contributed by atoms with E-state index in [4.69, 9.17) is 24.5 Å². The highest BCUT2D eigenvalue weighted by Gasteiger charge is 2.36. The van der Waals surface area contributed by atoms with Crippen molar-refractivity contribution in [3.63, 3.8) is 0 Å². The van der Waals surface area contributed by atoms with Crippen molar-refractivity contribution in [3.8, 4) is 0 Å². The van der Waals surface area contributed by atoms with Gasteiger partial charge < -0.3 is 131 Å². The Bertz CT molecular complexity index is 1450. The standard InChI is InChI=1S/C46H94N6O25/c47-49-48-8-15-75-17-19-77-21-20-76-18-16-74-14-7-30(57)6-1-2-9-50(22-31(58)39(66)43(70)35(62)26-53)10-3-4-11-51(23-32(59)40(67)44(71)36(63)27-54)12-5-13-52(24-33(60)41(68)45(72)37(64)28-55)25-34(61)42(69)46(73)38(65)29-56/h31-46,53-56,58-73H,1-29H2. The number of aliphatic hydroxyl groups is 20. The Kier molecular flexibility index (Phi) is 44.3. The van der Waals surface area contributed by atoms with E-state index in [2.05, 4.69) is 10.0 Å². The maximum Gasteiger partial charge on any atom is 0.135 e. The van der Waals surface area contributed by atoms with E-state index < -0.39 is 137 Å². The number of carbonyl (C=O) groups excluding carboxylic acids is 1. The highest BCUT2D eigenvalue weighted by molar-refractivity contribution is 5.78. The average molecular weight is 1130 g/mol. The Morgan fingerprint density at radius 2 is 0.636 bits per heavy atom. The molecule has 0 saturated carbocycles. The van der Waals surface area contributed by atoms with E-state index in [-0.39, 0.29) is 90.7 Å². The fourth-order valence-corrected chi connectivity index (χ4v) is 7.66. The number of rotatable bonds is 53. The van der Waals surface area contributed by atoms with E-state index in [1.165, 1.54) is 4.90 Å². The molecular weight excluding hydrogens is 1040 g/mol. The lowest BCUT2D eigenvalue weighted by Crippen LogP contribution is -2.53. The normalized spacial score (nSPS) is 18.6. The van der Waals surface area contributed by atoms with E-state index in [0.29, 0.717) is 65.3 Å². The summed E-state index contributed by atoms with van der Waals surface area (Å²) < 4.78 is 21.5. The highest BCUT2D eigenvalue weighted by Crippen LogP contribution is 2.15. The minimum absolute atomic E-state index is 0.0387. The van der Waals surface area contributed by atoms with Crippen molar-refractivity contribution < 1.29 is 126 Å². The number of carbonyl (C=O) groups is 1. The minimum Gasteiger partial charge on any atom is -0.394 e. The number of ketones is 1. The molecule has 0 spiro atoms. The van der Waals surface area contributed by atoms with Crippen LogP contribution in [0.25, 0.3) is 10.4 Å². The summed E-state index contributed by atoms with van der Waals surface area (Å²) in [7, 11) is 0. The molecule has 0 saturated heterocycles. The first-order valence-electron chi connectivity index (χ1n) is 25.9. The lowest BCUT2D eigenvalue weighted by molar-refractivity contribution is -0.130. The molecule has 0 aromatic heterocycles. The number of ether oxygens (including phenoxy) is 4. The van der Waals surface area contributed by atoms with Gasteiger partial charge in [-0.25, -0.2) is 0 Å². The minimum atomic E-state index is -2.04. The second-order valence-corrected chi connectivity index (χ2v) is 18.8. The molecule has 0 amide bonds. The van der Waals surface area contributed by atoms with Crippen molar-refractivity contribution in [2.24, 2.45) is 5.11 Å². The Balaban J connectivity index is 5.82. The van der Waals surface area contributed by atoms with Gasteiger partial charge in [0.25, 0.3) is 0 Å². The van der Waals surface area contributed by atoms with Gasteiger partial charge >= 0.3 is 0 Å². The van der Waals surface area contributed by atoms with Crippen LogP contribution in [-0.2, 0) is 23.7 Å². The third-order valence-electron chi connectivity index (χ3n) is 12.5. The van der Waals surface area contributed by atoms with Crippen LogP contribution in [0.3, 0.4) is 0 Å². The third-order valence-corrected chi connectivity index (χ3v) is 12.5. The number of nitrogens with zero attached hydrogens (tertiary/aromatic N) is 6. The zero-order valence-electron chi connectivity index (χ0n) is 43.9. The van der Waals surface area contributed by atoms with Crippen LogP contribution in [0.1, 0.15) is 44.9 Å². The van der Waals surface area contributed by atoms with E-state index in [1.54, 1.807) is 9.80 Å². The lowest BCUT2D eigenvalue weighted by atomic mass is 10.0. The van der Waals surface area contributed by atoms with Crippen LogP contribution in [0.2, 0.25) is 0 Å². The van der Waals surface area contributed by atoms with Crippen molar-refractivity contribution in [1.82, 2.24) is 14.7 Å². The molecule has 16 unspecified atom stereocenters. The predicted octanol–water partition coefficient (Wildman–Crippen LogP) is -9.69. The maximum absolute atomic E-state index is 12.6. The second-order valence-electron chi connectivity index (χ2n) is 18.8. The highest BCUT2D eigenvalue weighted by atomic mass is 16.6. The molecule has 31 nitrogen and oxygen atoms in total. The van der Waals surface area contributed by atoms with Gasteiger partial charge in [0, 0.05) is 50.5 Å². The van der Waals surface area contributed by atoms with Crippen molar-refractivity contribution in [1.29, 1.82) is 0 Å². The summed E-state index contributed by atoms with van der Waals surface area (Å²) >= 11 is 0. The molecule has 0 fully saturated rings. The topological polar surface area (TPSA) is 517 Å². The quantitative estimate of drug-likeness (QED) is 0.0116. The van der Waals surface area contributed by atoms with Gasteiger partial charge in [-0.1, -0.05) is 5.11 Å². The number of azide groups is 1. The monoisotopic (exact) mass is 1130 g/mol. The summed E-state index contributed by atoms with van der Waals surface area (Å²) in [4.78, 5) is 19.9. The summed E-state index contributed by atoms with van der Waals surface area (Å²) in [6, 6.07) is 0. The second kappa shape index (κ2) is 45.5. The summed E-state index contributed by atoms with van der Waals surface area (Å²) in [5, 5.41) is 206. The number of Topliss-reactive ketones (excluding diaryl/α,β-unsaturated/α-hetero) is 1. The van der Waals surface area contributed by atoms with Crippen molar-refractivity contribution in [2.45, 2.75) is 143 Å². The van der Waals surface area contributed by atoms with Crippen LogP contribution in [0.5, 0.6) is 0 Å². The molecule has 0 rings (SSSR count). The van der Waals surface area contributed by atoms with Crippen LogP contribution in [0.4, 0.5) is 0 Å². The fourth-order valence-electron chi connectivity index (χ4n) is 7.66. The van der Waals surface area contributed by atoms with Gasteiger partial charge in [-0.05, 0) is 70.4 Å². The van der Waals surface area contributed by atoms with Gasteiger partial charge in [-0.3, -0.25) is 9.69 Å². The first-order valence-corrected chi connectivity index (χ1v) is 25.9. The summed E-state index contributed by atoms with van der Waals surface area (Å²) in [6.45, 7) is -2.23. The summed E-state index contributed by atoms with van der Waals surface area (Å²) in [5.41, 5.74) is 8.23. The van der Waals surface area contributed by atoms with E-state index in [0.717, 1.165) is 0 Å². The molecule has 0 aliphatic rings. The fraction of sp³-hybridized carbons (Fsp3) is 0.978. The number of unbranched alkanes of at least 4 members (excludes halogenated alkanes) is 2. The molecule has 0 aromatic carbocycles. The Labute approximate surface area is 448 Å². The zero-order valence-corrected chi connectivity index (χ0v) is 43.9. The van der Waals surface area contributed by atoms with Crippen LogP contribution in [-0.4, -0.2) is 365 Å². The van der Waals surface area contributed by atoms with Gasteiger partial charge in [0.15, 0.2) is 0 Å². The van der Waals surface area contributed by atoms with Crippen LogP contribution < -0.4 is 0 Å². The number of hydrogen-bond donors (Lipinski definition) is 20. The molecule has 31 heteroatoms. The van der Waals surface area contributed by atoms with Crippen LogP contribution in [0.15, 0.2) is 5.11 Å². The van der Waals surface area contributed by atoms with Crippen LogP contribution >= 0.6 is 0 Å². The maximum atomic E-state index is 12.6. The first-order chi connectivity index (χ1) is 36.6. The van der Waals surface area contributed by atoms with Gasteiger partial charge in [0.05, 0.1) is 104 Å². The lowest BCUT2D eigenvalue weighted by Gasteiger charge is -2.34. The smallest absolute Gasteiger partial charge is 0.135 e. The Morgan fingerprint density at radius 1 is 0.364 bits per heavy atom. The van der Waals surface area contributed by atoms with E-state index in [1.807, 2.05) is 0 Å². The van der Waals surface area contributed by atoms with E-state index >= 15 is 0 Å². The van der Waals surface area contributed by atoms with E-state index in [9.17, 15) is 107 Å². The zero-order chi connectivity index (χ0) is 58.3. The molecule has 0 aromatic rings. The van der Waals surface area contributed by atoms with Crippen molar-refractivity contribution in [3.05, 3.63) is 10.4 Å². The van der Waals surface area contributed by atoms with Gasteiger partial charge in [-0.15, -0.1) is 0 Å². The number of aliphatic hydroxyl groups excluding tert-OH is 20. The summed E-state index contributed by atoms with van der Waals surface area (Å²) in [5.74, 6) is -0.0612. The van der Waals surface area contributed by atoms with Crippen molar-refractivity contribution >= 4 is 5.78 Å². The molecule has 0 bridgehead atoms. The van der Waals surface area contributed by atoms with Gasteiger partial charge in [0.1, 0.15) is 79.0 Å². The molecule has 16 atom stereocenters. The van der Waals surface area contributed by atoms with Crippen molar-refractivity contribution in [2.75, 3.05) is 145 Å². The van der Waals surface area contributed by atoms with Gasteiger partial charge in [0.2, 0.25) is 0 Å². The first kappa shape index (κ1) is 74.9. The van der Waals surface area contributed by atoms with Gasteiger partial charge in [-0.2, -0.15) is 0 Å². The molecule has 0 heterocycles. The average Bonchev–Trinajstić information content (AvgIpc) is 3.42. The molecule has 0 aliphatic heterocycles. The molecule has 20 N–H and O–H groups in total. The molecule has 458 valence electrons. The van der Waals surface area contributed by atoms with Crippen LogP contribution in [0, 0.1) is 0 Å². The SMILES string of the molecule is [N-]=[N+]=NCCOCCOCCOCCOCCC(=O)CCCCN(CCCCN(CCCN(CC(O)C(O)C(O)C(O)CO)CC(O)C(O)C(O)C(O)CO)CC(O)C(O)C(O)C(O)CO)CC(O)C(O)C(O)C(O)CO. The molecule has 77 heavy (non-hydrogen) atoms. The molecule has 0 radical (unpaired) electrons. The largest absolute Gasteiger partial charge is 0.394 e. The predicted molar refractivity (Wildman–Crippen MR) is 268 cm³/mol. The molecule has 0 aliphatic carbocycles. The summed E-state index contributed by atoms with van der Waals surface area (Å²) in [6.07, 6.45) is -28.1. The Morgan fingerprint density at radius 3 is 0.974 bits per heavy atom. The number of hydrogen-bond acceptors (Lipinski definition) is 29. The third kappa shape index (κ3) is 33.4. The molecular formula is C46H94N6O25.